The second-order valence-electron chi connectivity index (χ2n) is 7.47. The average Bonchev–Trinajstić information content (AvgIpc) is 2.57. The van der Waals surface area contributed by atoms with E-state index in [4.69, 9.17) is 0 Å². The van der Waals surface area contributed by atoms with Crippen LogP contribution in [0, 0.1) is 11.2 Å². The molecule has 0 bridgehead atoms. The molecule has 1 saturated heterocycles. The summed E-state index contributed by atoms with van der Waals surface area (Å²) in [7, 11) is 0. The summed E-state index contributed by atoms with van der Waals surface area (Å²) in [6.45, 7) is 8.02. The van der Waals surface area contributed by atoms with E-state index < -0.39 is 5.41 Å². The zero-order valence-electron chi connectivity index (χ0n) is 15.7. The van der Waals surface area contributed by atoms with Gasteiger partial charge in [-0.1, -0.05) is 32.9 Å². The molecule has 1 atom stereocenters. The van der Waals surface area contributed by atoms with E-state index >= 15 is 0 Å². The number of nitrogens with one attached hydrogen (secondary N) is 2. The Balaban J connectivity index is 0.00000338. The molecular weight excluding hydrogens is 357 g/mol. The Morgan fingerprint density at radius 2 is 2.08 bits per heavy atom. The highest BCUT2D eigenvalue weighted by Crippen LogP contribution is 2.24. The maximum Gasteiger partial charge on any atom is 0.225 e. The van der Waals surface area contributed by atoms with Crippen LogP contribution in [0.1, 0.15) is 45.2 Å². The standard InChI is InChI=1S/C19H28FN3O2.ClH/c1-19(2,3)18(25)22-9-5-8-17(24)23-11-10-21-13-16(23)14-6-4-7-15(20)12-14;/h4,6-7,12,16,21H,5,8-11,13H2,1-3H3,(H,22,25);1H. The van der Waals surface area contributed by atoms with Crippen molar-refractivity contribution >= 4 is 24.2 Å². The number of benzene rings is 1. The van der Waals surface area contributed by atoms with Crippen LogP contribution in [0.3, 0.4) is 0 Å². The normalized spacial score (nSPS) is 17.4. The number of halogens is 2. The average molecular weight is 386 g/mol. The first-order chi connectivity index (χ1) is 11.8. The van der Waals surface area contributed by atoms with Gasteiger partial charge in [0.1, 0.15) is 5.82 Å². The van der Waals surface area contributed by atoms with Gasteiger partial charge in [-0.05, 0) is 24.1 Å². The third-order valence-corrected chi connectivity index (χ3v) is 4.33. The topological polar surface area (TPSA) is 61.4 Å². The van der Waals surface area contributed by atoms with Crippen molar-refractivity contribution in [3.05, 3.63) is 35.6 Å². The number of hydrogen-bond donors (Lipinski definition) is 2. The summed E-state index contributed by atoms with van der Waals surface area (Å²) in [6.07, 6.45) is 0.969. The molecule has 1 aromatic rings. The largest absolute Gasteiger partial charge is 0.356 e. The van der Waals surface area contributed by atoms with Crippen molar-refractivity contribution in [1.29, 1.82) is 0 Å². The summed E-state index contributed by atoms with van der Waals surface area (Å²) >= 11 is 0. The summed E-state index contributed by atoms with van der Waals surface area (Å²) in [4.78, 5) is 26.2. The molecule has 0 spiro atoms. The molecule has 26 heavy (non-hydrogen) atoms. The number of carbonyl (C=O) groups excluding carboxylic acids is 2. The number of amides is 2. The van der Waals surface area contributed by atoms with Crippen LogP contribution in [0.5, 0.6) is 0 Å². The molecule has 0 saturated carbocycles. The second kappa shape index (κ2) is 9.88. The summed E-state index contributed by atoms with van der Waals surface area (Å²) < 4.78 is 13.5. The summed E-state index contributed by atoms with van der Waals surface area (Å²) in [6, 6.07) is 6.26. The van der Waals surface area contributed by atoms with Crippen LogP contribution in [0.2, 0.25) is 0 Å². The summed E-state index contributed by atoms with van der Waals surface area (Å²) in [5.41, 5.74) is 0.381. The van der Waals surface area contributed by atoms with Gasteiger partial charge >= 0.3 is 0 Å². The molecule has 1 heterocycles. The minimum atomic E-state index is -0.426. The molecule has 1 fully saturated rings. The smallest absolute Gasteiger partial charge is 0.225 e. The SMILES string of the molecule is CC(C)(C)C(=O)NCCCC(=O)N1CCNCC1c1cccc(F)c1.Cl. The highest BCUT2D eigenvalue weighted by molar-refractivity contribution is 5.85. The Hall–Kier alpha value is -1.66. The van der Waals surface area contributed by atoms with Crippen LogP contribution in [-0.4, -0.2) is 42.9 Å². The fraction of sp³-hybridized carbons (Fsp3) is 0.579. The van der Waals surface area contributed by atoms with Crippen molar-refractivity contribution in [3.8, 4) is 0 Å². The van der Waals surface area contributed by atoms with Gasteiger partial charge in [-0.2, -0.15) is 0 Å². The van der Waals surface area contributed by atoms with Crippen molar-refractivity contribution in [2.45, 2.75) is 39.7 Å². The van der Waals surface area contributed by atoms with Gasteiger partial charge in [0, 0.05) is 38.0 Å². The van der Waals surface area contributed by atoms with E-state index in [0.29, 0.717) is 32.5 Å². The van der Waals surface area contributed by atoms with Crippen LogP contribution >= 0.6 is 12.4 Å². The third-order valence-electron chi connectivity index (χ3n) is 4.33. The molecule has 0 aromatic heterocycles. The Morgan fingerprint density at radius 3 is 2.73 bits per heavy atom. The van der Waals surface area contributed by atoms with Gasteiger partial charge in [-0.3, -0.25) is 9.59 Å². The number of carbonyl (C=O) groups is 2. The summed E-state index contributed by atoms with van der Waals surface area (Å²) in [5, 5.41) is 6.12. The van der Waals surface area contributed by atoms with Gasteiger partial charge in [0.2, 0.25) is 11.8 Å². The molecular formula is C19H29ClFN3O2. The van der Waals surface area contributed by atoms with Crippen molar-refractivity contribution in [2.75, 3.05) is 26.2 Å². The van der Waals surface area contributed by atoms with E-state index in [9.17, 15) is 14.0 Å². The second-order valence-corrected chi connectivity index (χ2v) is 7.47. The Kier molecular flexibility index (Phi) is 8.50. The zero-order valence-corrected chi connectivity index (χ0v) is 16.5. The molecule has 0 radical (unpaired) electrons. The lowest BCUT2D eigenvalue weighted by Gasteiger charge is -2.36. The number of rotatable bonds is 5. The first-order valence-electron chi connectivity index (χ1n) is 8.83. The maximum atomic E-state index is 13.5. The fourth-order valence-electron chi connectivity index (χ4n) is 2.86. The number of piperazine rings is 1. The van der Waals surface area contributed by atoms with Gasteiger partial charge < -0.3 is 15.5 Å². The van der Waals surface area contributed by atoms with E-state index in [1.807, 2.05) is 31.7 Å². The van der Waals surface area contributed by atoms with E-state index in [1.54, 1.807) is 6.07 Å². The fourth-order valence-corrected chi connectivity index (χ4v) is 2.86. The molecule has 1 aliphatic heterocycles. The van der Waals surface area contributed by atoms with Gasteiger partial charge in [-0.25, -0.2) is 4.39 Å². The van der Waals surface area contributed by atoms with Gasteiger partial charge in [-0.15, -0.1) is 12.4 Å². The zero-order chi connectivity index (χ0) is 18.4. The Labute approximate surface area is 161 Å². The van der Waals surface area contributed by atoms with Gasteiger partial charge in [0.05, 0.1) is 6.04 Å². The lowest BCUT2D eigenvalue weighted by molar-refractivity contribution is -0.135. The van der Waals surface area contributed by atoms with Crippen LogP contribution in [0.4, 0.5) is 4.39 Å². The Bertz CT molecular complexity index is 619. The number of nitrogens with zero attached hydrogens (tertiary/aromatic N) is 1. The Morgan fingerprint density at radius 1 is 1.35 bits per heavy atom. The molecule has 2 amide bonds. The first kappa shape index (κ1) is 22.4. The van der Waals surface area contributed by atoms with Crippen LogP contribution in [-0.2, 0) is 9.59 Å². The lowest BCUT2D eigenvalue weighted by atomic mass is 9.96. The van der Waals surface area contributed by atoms with Crippen LogP contribution in [0.15, 0.2) is 24.3 Å². The van der Waals surface area contributed by atoms with Gasteiger partial charge in [0.15, 0.2) is 0 Å². The molecule has 1 aromatic carbocycles. The van der Waals surface area contributed by atoms with Crippen LogP contribution < -0.4 is 10.6 Å². The predicted molar refractivity (Wildman–Crippen MR) is 103 cm³/mol. The lowest BCUT2D eigenvalue weighted by Crippen LogP contribution is -2.48. The van der Waals surface area contributed by atoms with Crippen molar-refractivity contribution < 1.29 is 14.0 Å². The van der Waals surface area contributed by atoms with E-state index in [-0.39, 0.29) is 36.1 Å². The number of hydrogen-bond acceptors (Lipinski definition) is 3. The highest BCUT2D eigenvalue weighted by Gasteiger charge is 2.27. The molecule has 146 valence electrons. The van der Waals surface area contributed by atoms with E-state index in [2.05, 4.69) is 10.6 Å². The monoisotopic (exact) mass is 385 g/mol. The molecule has 2 N–H and O–H groups in total. The molecule has 7 heteroatoms. The van der Waals surface area contributed by atoms with E-state index in [0.717, 1.165) is 12.1 Å². The molecule has 5 nitrogen and oxygen atoms in total. The molecule has 1 aliphatic rings. The molecule has 1 unspecified atom stereocenters. The van der Waals surface area contributed by atoms with E-state index in [1.165, 1.54) is 12.1 Å². The highest BCUT2D eigenvalue weighted by atomic mass is 35.5. The van der Waals surface area contributed by atoms with Crippen molar-refractivity contribution in [1.82, 2.24) is 15.5 Å². The summed E-state index contributed by atoms with van der Waals surface area (Å²) in [5.74, 6) is -0.263. The molecule has 0 aliphatic carbocycles. The molecule has 2 rings (SSSR count). The predicted octanol–water partition coefficient (Wildman–Crippen LogP) is 2.66. The minimum Gasteiger partial charge on any atom is -0.356 e. The first-order valence-corrected chi connectivity index (χ1v) is 8.83. The quantitative estimate of drug-likeness (QED) is 0.766. The third kappa shape index (κ3) is 6.25. The maximum absolute atomic E-state index is 13.5. The van der Waals surface area contributed by atoms with Crippen LogP contribution in [0.25, 0.3) is 0 Å². The van der Waals surface area contributed by atoms with Crippen molar-refractivity contribution in [3.63, 3.8) is 0 Å². The van der Waals surface area contributed by atoms with Gasteiger partial charge in [0.25, 0.3) is 0 Å². The van der Waals surface area contributed by atoms with Crippen molar-refractivity contribution in [2.24, 2.45) is 5.41 Å². The minimum absolute atomic E-state index is 0.